The van der Waals surface area contributed by atoms with E-state index in [1.165, 1.54) is 30.3 Å². The van der Waals surface area contributed by atoms with Gasteiger partial charge in [0.05, 0.1) is 5.69 Å². The lowest BCUT2D eigenvalue weighted by Crippen LogP contribution is -2.13. The minimum Gasteiger partial charge on any atom is -0.433 e. The van der Waals surface area contributed by atoms with Crippen molar-refractivity contribution < 1.29 is 21.9 Å². The lowest BCUT2D eigenvalue weighted by atomic mass is 10.3. The largest absolute Gasteiger partial charge is 0.433 e. The van der Waals surface area contributed by atoms with Gasteiger partial charge in [-0.15, -0.1) is 11.3 Å². The molecule has 0 amide bonds. The van der Waals surface area contributed by atoms with Gasteiger partial charge in [0.15, 0.2) is 0 Å². The first kappa shape index (κ1) is 15.7. The zero-order valence-corrected chi connectivity index (χ0v) is 12.3. The van der Waals surface area contributed by atoms with E-state index in [2.05, 4.69) is 9.46 Å². The van der Waals surface area contributed by atoms with Crippen LogP contribution >= 0.6 is 11.3 Å². The summed E-state index contributed by atoms with van der Waals surface area (Å²) in [7, 11) is -3.87. The summed E-state index contributed by atoms with van der Waals surface area (Å²) in [5.74, 6) is -0.244. The molecule has 5 nitrogen and oxygen atoms in total. The highest BCUT2D eigenvalue weighted by Crippen LogP contribution is 2.29. The van der Waals surface area contributed by atoms with Gasteiger partial charge >= 0.3 is 6.61 Å². The maximum Gasteiger partial charge on any atom is 0.387 e. The topological polar surface area (TPSA) is 81.4 Å². The SMILES string of the molecule is NCc1csc(S(=O)(=O)Nc2ccccc2OC(F)F)c1. The number of hydrogen-bond donors (Lipinski definition) is 2. The molecule has 0 spiro atoms. The standard InChI is InChI=1S/C12H12F2N2O3S2/c13-12(14)19-10-4-2-1-3-9(10)16-21(17,18)11-5-8(6-15)7-20-11/h1-5,7,12,16H,6,15H2. The number of thiophene rings is 1. The second-order valence-corrected chi connectivity index (χ2v) is 6.78. The van der Waals surface area contributed by atoms with Gasteiger partial charge in [-0.2, -0.15) is 8.78 Å². The first-order valence-corrected chi connectivity index (χ1v) is 8.13. The molecule has 0 aliphatic rings. The number of sulfonamides is 1. The van der Waals surface area contributed by atoms with Gasteiger partial charge in [-0.1, -0.05) is 12.1 Å². The summed E-state index contributed by atoms with van der Waals surface area (Å²) in [6.45, 7) is -2.82. The Bertz CT molecular complexity index is 717. The number of nitrogens with two attached hydrogens (primary N) is 1. The number of rotatable bonds is 6. The monoisotopic (exact) mass is 334 g/mol. The zero-order valence-electron chi connectivity index (χ0n) is 10.6. The van der Waals surface area contributed by atoms with Crippen LogP contribution in [0.15, 0.2) is 39.9 Å². The van der Waals surface area contributed by atoms with Gasteiger partial charge in [0.25, 0.3) is 10.0 Å². The minimum absolute atomic E-state index is 0.0507. The number of ether oxygens (including phenoxy) is 1. The Morgan fingerprint density at radius 2 is 2.05 bits per heavy atom. The second kappa shape index (κ2) is 6.37. The molecular formula is C12H12F2N2O3S2. The summed E-state index contributed by atoms with van der Waals surface area (Å²) in [5.41, 5.74) is 6.05. The summed E-state index contributed by atoms with van der Waals surface area (Å²) in [6, 6.07) is 7.00. The summed E-state index contributed by atoms with van der Waals surface area (Å²) < 4.78 is 55.5. The van der Waals surface area contributed by atoms with Crippen LogP contribution in [0.1, 0.15) is 5.56 Å². The highest BCUT2D eigenvalue weighted by molar-refractivity contribution is 7.94. The van der Waals surface area contributed by atoms with Gasteiger partial charge in [-0.05, 0) is 29.1 Å². The summed E-state index contributed by atoms with van der Waals surface area (Å²) in [4.78, 5) is 0. The fourth-order valence-electron chi connectivity index (χ4n) is 1.55. The Kier molecular flexibility index (Phi) is 4.76. The van der Waals surface area contributed by atoms with Gasteiger partial charge in [-0.3, -0.25) is 4.72 Å². The first-order chi connectivity index (χ1) is 9.92. The number of hydrogen-bond acceptors (Lipinski definition) is 5. The van der Waals surface area contributed by atoms with E-state index in [4.69, 9.17) is 5.73 Å². The number of anilines is 1. The predicted octanol–water partition coefficient (Wildman–Crippen LogP) is 2.61. The van der Waals surface area contributed by atoms with Crippen LogP contribution in [0.2, 0.25) is 0 Å². The van der Waals surface area contributed by atoms with Crippen molar-refractivity contribution in [3.8, 4) is 5.75 Å². The van der Waals surface area contributed by atoms with E-state index in [1.54, 1.807) is 5.38 Å². The van der Waals surface area contributed by atoms with E-state index in [0.717, 1.165) is 11.3 Å². The van der Waals surface area contributed by atoms with E-state index < -0.39 is 16.6 Å². The normalized spacial score (nSPS) is 11.6. The Hall–Kier alpha value is -1.71. The van der Waals surface area contributed by atoms with Gasteiger partial charge < -0.3 is 10.5 Å². The van der Waals surface area contributed by atoms with E-state index >= 15 is 0 Å². The molecule has 1 aromatic carbocycles. The van der Waals surface area contributed by atoms with Crippen LogP contribution in [0.3, 0.4) is 0 Å². The fourth-order valence-corrected chi connectivity index (χ4v) is 3.84. The van der Waals surface area contributed by atoms with E-state index in [-0.39, 0.29) is 22.2 Å². The minimum atomic E-state index is -3.87. The highest BCUT2D eigenvalue weighted by Gasteiger charge is 2.19. The molecule has 0 fully saturated rings. The molecule has 2 rings (SSSR count). The third-order valence-electron chi connectivity index (χ3n) is 2.48. The van der Waals surface area contributed by atoms with Crippen LogP contribution in [-0.4, -0.2) is 15.0 Å². The molecule has 9 heteroatoms. The maximum atomic E-state index is 12.3. The molecule has 1 aromatic heterocycles. The second-order valence-electron chi connectivity index (χ2n) is 3.96. The van der Waals surface area contributed by atoms with Crippen molar-refractivity contribution in [2.45, 2.75) is 17.4 Å². The Morgan fingerprint density at radius 3 is 2.67 bits per heavy atom. The van der Waals surface area contributed by atoms with Crippen molar-refractivity contribution in [1.82, 2.24) is 0 Å². The molecule has 0 radical (unpaired) electrons. The van der Waals surface area contributed by atoms with Gasteiger partial charge in [0.2, 0.25) is 0 Å². The third kappa shape index (κ3) is 3.90. The molecule has 0 unspecified atom stereocenters. The van der Waals surface area contributed by atoms with Crippen molar-refractivity contribution in [1.29, 1.82) is 0 Å². The average molecular weight is 334 g/mol. The summed E-state index contributed by atoms with van der Waals surface area (Å²) >= 11 is 1.00. The molecule has 3 N–H and O–H groups in total. The molecule has 1 heterocycles. The van der Waals surface area contributed by atoms with E-state index in [0.29, 0.717) is 5.56 Å². The Labute approximate surface area is 124 Å². The molecule has 114 valence electrons. The fraction of sp³-hybridized carbons (Fsp3) is 0.167. The van der Waals surface area contributed by atoms with Crippen LogP contribution in [-0.2, 0) is 16.6 Å². The van der Waals surface area contributed by atoms with Crippen molar-refractivity contribution in [2.24, 2.45) is 5.73 Å². The smallest absolute Gasteiger partial charge is 0.387 e. The van der Waals surface area contributed by atoms with Crippen LogP contribution < -0.4 is 15.2 Å². The lowest BCUT2D eigenvalue weighted by Gasteiger charge is -2.12. The molecule has 21 heavy (non-hydrogen) atoms. The molecule has 0 aliphatic carbocycles. The molecular weight excluding hydrogens is 322 g/mol. The van der Waals surface area contributed by atoms with E-state index in [9.17, 15) is 17.2 Å². The molecule has 0 bridgehead atoms. The van der Waals surface area contributed by atoms with Crippen molar-refractivity contribution in [3.05, 3.63) is 41.3 Å². The quantitative estimate of drug-likeness (QED) is 0.851. The van der Waals surface area contributed by atoms with Crippen molar-refractivity contribution in [2.75, 3.05) is 4.72 Å². The first-order valence-electron chi connectivity index (χ1n) is 5.76. The number of nitrogens with one attached hydrogen (secondary N) is 1. The zero-order chi connectivity index (χ0) is 15.5. The molecule has 0 saturated carbocycles. The lowest BCUT2D eigenvalue weighted by molar-refractivity contribution is -0.0493. The van der Waals surface area contributed by atoms with E-state index in [1.807, 2.05) is 0 Å². The number of halogens is 2. The predicted molar refractivity (Wildman–Crippen MR) is 76.1 cm³/mol. The average Bonchev–Trinajstić information content (AvgIpc) is 2.90. The number of alkyl halides is 2. The Morgan fingerprint density at radius 1 is 1.33 bits per heavy atom. The Balaban J connectivity index is 2.28. The van der Waals surface area contributed by atoms with Gasteiger partial charge in [0.1, 0.15) is 9.96 Å². The van der Waals surface area contributed by atoms with Crippen molar-refractivity contribution >= 4 is 27.0 Å². The van der Waals surface area contributed by atoms with Crippen LogP contribution in [0.5, 0.6) is 5.75 Å². The van der Waals surface area contributed by atoms with Gasteiger partial charge in [0, 0.05) is 6.54 Å². The summed E-state index contributed by atoms with van der Waals surface area (Å²) in [5, 5.41) is 1.62. The molecule has 0 aliphatic heterocycles. The maximum absolute atomic E-state index is 12.3. The number of benzene rings is 1. The third-order valence-corrected chi connectivity index (χ3v) is 5.33. The molecule has 0 saturated heterocycles. The summed E-state index contributed by atoms with van der Waals surface area (Å²) in [6.07, 6.45) is 0. The van der Waals surface area contributed by atoms with Gasteiger partial charge in [-0.25, -0.2) is 8.42 Å². The van der Waals surface area contributed by atoms with Crippen LogP contribution in [0.4, 0.5) is 14.5 Å². The highest BCUT2D eigenvalue weighted by atomic mass is 32.2. The molecule has 2 aromatic rings. The van der Waals surface area contributed by atoms with Crippen molar-refractivity contribution in [3.63, 3.8) is 0 Å². The van der Waals surface area contributed by atoms with Crippen LogP contribution in [0, 0.1) is 0 Å². The molecule has 0 atom stereocenters. The van der Waals surface area contributed by atoms with Crippen LogP contribution in [0.25, 0.3) is 0 Å². The number of para-hydroxylation sites is 2.